The molecule has 3 amide bonds. The lowest BCUT2D eigenvalue weighted by Crippen LogP contribution is -2.36. The fourth-order valence-corrected chi connectivity index (χ4v) is 3.61. The normalized spacial score (nSPS) is 15.5. The van der Waals surface area contributed by atoms with Crippen molar-refractivity contribution >= 4 is 56.5 Å². The van der Waals surface area contributed by atoms with Crippen LogP contribution in [0.3, 0.4) is 0 Å². The monoisotopic (exact) mass is 444 g/mol. The van der Waals surface area contributed by atoms with Crippen LogP contribution in [0.5, 0.6) is 0 Å². The minimum Gasteiger partial charge on any atom is -0.325 e. The maximum atomic E-state index is 12.5. The molecule has 1 fully saturated rings. The fourth-order valence-electron chi connectivity index (χ4n) is 2.51. The highest BCUT2D eigenvalue weighted by Gasteiger charge is 2.36. The van der Waals surface area contributed by atoms with Gasteiger partial charge in [-0.15, -0.1) is 0 Å². The van der Waals surface area contributed by atoms with Crippen LogP contribution in [-0.4, -0.2) is 28.5 Å². The van der Waals surface area contributed by atoms with E-state index in [0.29, 0.717) is 10.6 Å². The summed E-state index contributed by atoms with van der Waals surface area (Å²) in [6, 6.07) is 12.9. The minimum atomic E-state index is -0.455. The van der Waals surface area contributed by atoms with Gasteiger partial charge in [-0.1, -0.05) is 34.1 Å². The van der Waals surface area contributed by atoms with Gasteiger partial charge >= 0.3 is 0 Å². The van der Waals surface area contributed by atoms with E-state index in [0.717, 1.165) is 37.8 Å². The number of anilines is 1. The number of hydrogen-bond donors (Lipinski definition) is 1. The molecule has 0 spiro atoms. The summed E-state index contributed by atoms with van der Waals surface area (Å²) in [7, 11) is 0. The highest BCUT2D eigenvalue weighted by Crippen LogP contribution is 2.32. The van der Waals surface area contributed by atoms with Crippen molar-refractivity contribution in [3.05, 3.63) is 68.5 Å². The molecule has 0 aliphatic carbocycles. The van der Waals surface area contributed by atoms with Crippen molar-refractivity contribution in [2.45, 2.75) is 13.8 Å². The number of carbonyl (C=O) groups is 3. The zero-order valence-corrected chi connectivity index (χ0v) is 17.2. The molecule has 0 bridgehead atoms. The molecule has 138 valence electrons. The third kappa shape index (κ3) is 4.67. The lowest BCUT2D eigenvalue weighted by Gasteiger charge is -2.13. The van der Waals surface area contributed by atoms with E-state index in [1.165, 1.54) is 0 Å². The zero-order valence-electron chi connectivity index (χ0n) is 14.8. The molecule has 0 saturated carbocycles. The molecule has 3 rings (SSSR count). The maximum absolute atomic E-state index is 12.5. The van der Waals surface area contributed by atoms with Gasteiger partial charge in [-0.2, -0.15) is 0 Å². The van der Waals surface area contributed by atoms with Crippen molar-refractivity contribution in [3.8, 4) is 0 Å². The third-order valence-electron chi connectivity index (χ3n) is 4.13. The Morgan fingerprint density at radius 3 is 2.48 bits per heavy atom. The molecule has 1 saturated heterocycles. The molecule has 7 heteroatoms. The molecule has 0 unspecified atom stereocenters. The number of aryl methyl sites for hydroxylation is 2. The molecule has 1 N–H and O–H groups in total. The SMILES string of the molecule is Cc1ccc(NC(=O)CN2C(=O)S/C(=C\c3ccc(Br)cc3)C2=O)cc1C. The van der Waals surface area contributed by atoms with Gasteiger partial charge < -0.3 is 5.32 Å². The first-order valence-corrected chi connectivity index (χ1v) is 9.82. The van der Waals surface area contributed by atoms with Gasteiger partial charge in [-0.3, -0.25) is 19.3 Å². The standard InChI is InChI=1S/C20H17BrN2O3S/c1-12-3-8-16(9-13(12)2)22-18(24)11-23-19(25)17(27-20(23)26)10-14-4-6-15(21)7-5-14/h3-10H,11H2,1-2H3,(H,22,24)/b17-10-. The van der Waals surface area contributed by atoms with Crippen molar-refractivity contribution in [1.29, 1.82) is 0 Å². The van der Waals surface area contributed by atoms with Gasteiger partial charge in [0.15, 0.2) is 0 Å². The number of amides is 3. The highest BCUT2D eigenvalue weighted by atomic mass is 79.9. The second kappa shape index (κ2) is 8.10. The highest BCUT2D eigenvalue weighted by molar-refractivity contribution is 9.10. The Morgan fingerprint density at radius 2 is 1.81 bits per heavy atom. The lowest BCUT2D eigenvalue weighted by atomic mass is 10.1. The molecule has 1 aliphatic rings. The summed E-state index contributed by atoms with van der Waals surface area (Å²) in [5.74, 6) is -0.867. The van der Waals surface area contributed by atoms with Crippen LogP contribution in [0.4, 0.5) is 10.5 Å². The average molecular weight is 445 g/mol. The first kappa shape index (κ1) is 19.4. The Bertz CT molecular complexity index is 954. The summed E-state index contributed by atoms with van der Waals surface area (Å²) in [6.45, 7) is 3.63. The van der Waals surface area contributed by atoms with Crippen LogP contribution in [0.1, 0.15) is 16.7 Å². The predicted molar refractivity (Wildman–Crippen MR) is 111 cm³/mol. The maximum Gasteiger partial charge on any atom is 0.294 e. The number of nitrogens with one attached hydrogen (secondary N) is 1. The van der Waals surface area contributed by atoms with Crippen LogP contribution in [0, 0.1) is 13.8 Å². The van der Waals surface area contributed by atoms with Crippen LogP contribution in [0.25, 0.3) is 6.08 Å². The van der Waals surface area contributed by atoms with Crippen molar-refractivity contribution in [1.82, 2.24) is 4.90 Å². The zero-order chi connectivity index (χ0) is 19.6. The Balaban J connectivity index is 1.68. The van der Waals surface area contributed by atoms with E-state index in [-0.39, 0.29) is 6.54 Å². The smallest absolute Gasteiger partial charge is 0.294 e. The number of imide groups is 1. The summed E-state index contributed by atoms with van der Waals surface area (Å²) in [5, 5.41) is 2.28. The molecule has 2 aromatic carbocycles. The van der Waals surface area contributed by atoms with Gasteiger partial charge in [0, 0.05) is 10.2 Å². The minimum absolute atomic E-state index is 0.307. The van der Waals surface area contributed by atoms with Crippen LogP contribution in [-0.2, 0) is 9.59 Å². The molecule has 0 radical (unpaired) electrons. The molecule has 1 heterocycles. The van der Waals surface area contributed by atoms with E-state index < -0.39 is 17.1 Å². The lowest BCUT2D eigenvalue weighted by molar-refractivity contribution is -0.127. The van der Waals surface area contributed by atoms with E-state index in [4.69, 9.17) is 0 Å². The van der Waals surface area contributed by atoms with Gasteiger partial charge in [0.25, 0.3) is 11.1 Å². The molecule has 5 nitrogen and oxygen atoms in total. The Labute approximate surface area is 169 Å². The van der Waals surface area contributed by atoms with E-state index >= 15 is 0 Å². The van der Waals surface area contributed by atoms with Crippen LogP contribution in [0.15, 0.2) is 51.8 Å². The van der Waals surface area contributed by atoms with Gasteiger partial charge in [-0.05, 0) is 72.6 Å². The summed E-state index contributed by atoms with van der Waals surface area (Å²) in [5.41, 5.74) is 3.62. The number of hydrogen-bond acceptors (Lipinski definition) is 4. The van der Waals surface area contributed by atoms with E-state index in [9.17, 15) is 14.4 Å². The first-order chi connectivity index (χ1) is 12.8. The summed E-state index contributed by atoms with van der Waals surface area (Å²) in [6.07, 6.45) is 1.65. The second-order valence-electron chi connectivity index (χ2n) is 6.17. The predicted octanol–water partition coefficient (Wildman–Crippen LogP) is 4.74. The Hall–Kier alpha value is -2.38. The van der Waals surface area contributed by atoms with Crippen molar-refractivity contribution in [3.63, 3.8) is 0 Å². The summed E-state index contributed by atoms with van der Waals surface area (Å²) >= 11 is 4.19. The largest absolute Gasteiger partial charge is 0.325 e. The summed E-state index contributed by atoms with van der Waals surface area (Å²) in [4.78, 5) is 38.2. The Morgan fingerprint density at radius 1 is 1.11 bits per heavy atom. The summed E-state index contributed by atoms with van der Waals surface area (Å²) < 4.78 is 0.927. The van der Waals surface area contributed by atoms with Gasteiger partial charge in [0.1, 0.15) is 6.54 Å². The molecular weight excluding hydrogens is 428 g/mol. The van der Waals surface area contributed by atoms with Crippen LogP contribution >= 0.6 is 27.7 Å². The number of nitrogens with zero attached hydrogens (tertiary/aromatic N) is 1. The molecule has 2 aromatic rings. The number of benzene rings is 2. The number of carbonyl (C=O) groups excluding carboxylic acids is 3. The average Bonchev–Trinajstić information content (AvgIpc) is 2.87. The molecule has 27 heavy (non-hydrogen) atoms. The Kier molecular flexibility index (Phi) is 5.82. The van der Waals surface area contributed by atoms with Crippen molar-refractivity contribution in [2.75, 3.05) is 11.9 Å². The van der Waals surface area contributed by atoms with Crippen LogP contribution in [0.2, 0.25) is 0 Å². The third-order valence-corrected chi connectivity index (χ3v) is 5.57. The topological polar surface area (TPSA) is 66.5 Å². The fraction of sp³-hybridized carbons (Fsp3) is 0.150. The quantitative estimate of drug-likeness (QED) is 0.691. The second-order valence-corrected chi connectivity index (χ2v) is 8.08. The van der Waals surface area contributed by atoms with Gasteiger partial charge in [0.2, 0.25) is 5.91 Å². The van der Waals surface area contributed by atoms with Crippen molar-refractivity contribution in [2.24, 2.45) is 0 Å². The van der Waals surface area contributed by atoms with E-state index in [1.54, 1.807) is 12.1 Å². The van der Waals surface area contributed by atoms with Gasteiger partial charge in [-0.25, -0.2) is 0 Å². The number of rotatable bonds is 4. The van der Waals surface area contributed by atoms with E-state index in [1.807, 2.05) is 50.2 Å². The van der Waals surface area contributed by atoms with E-state index in [2.05, 4.69) is 21.2 Å². The van der Waals surface area contributed by atoms with Gasteiger partial charge in [0.05, 0.1) is 4.91 Å². The van der Waals surface area contributed by atoms with Crippen molar-refractivity contribution < 1.29 is 14.4 Å². The molecule has 0 aromatic heterocycles. The molecular formula is C20H17BrN2O3S. The first-order valence-electron chi connectivity index (χ1n) is 8.21. The molecule has 1 aliphatic heterocycles. The number of halogens is 1. The number of thioether (sulfide) groups is 1. The molecule has 0 atom stereocenters. The van der Waals surface area contributed by atoms with Crippen LogP contribution < -0.4 is 5.32 Å².